The molecule has 0 radical (unpaired) electrons. The third-order valence-electron chi connectivity index (χ3n) is 4.13. The maximum atomic E-state index is 12.4. The molecule has 0 saturated carbocycles. The van der Waals surface area contributed by atoms with Crippen LogP contribution in [0.25, 0.3) is 11.0 Å². The number of nitrogens with zero attached hydrogens (tertiary/aromatic N) is 2. The van der Waals surface area contributed by atoms with E-state index in [1.165, 1.54) is 6.42 Å². The number of likely N-dealkylation sites (tertiary alicyclic amines) is 1. The minimum Gasteiger partial charge on any atom is -0.342 e. The predicted octanol–water partition coefficient (Wildman–Crippen LogP) is 2.75. The summed E-state index contributed by atoms with van der Waals surface area (Å²) in [5.41, 5.74) is 1.93. The van der Waals surface area contributed by atoms with E-state index in [0.29, 0.717) is 6.42 Å². The summed E-state index contributed by atoms with van der Waals surface area (Å²) in [4.78, 5) is 22.1. The van der Waals surface area contributed by atoms with Gasteiger partial charge in [-0.25, -0.2) is 4.98 Å². The Morgan fingerprint density at radius 1 is 1.35 bits per heavy atom. The fourth-order valence-corrected chi connectivity index (χ4v) is 2.86. The number of hydrogen-bond acceptors (Lipinski definition) is 2. The molecule has 106 valence electrons. The van der Waals surface area contributed by atoms with E-state index in [0.717, 1.165) is 48.7 Å². The molecule has 3 rings (SSSR count). The van der Waals surface area contributed by atoms with Gasteiger partial charge in [0.2, 0.25) is 5.91 Å². The number of para-hydroxylation sites is 2. The van der Waals surface area contributed by atoms with Crippen molar-refractivity contribution in [3.8, 4) is 0 Å². The lowest BCUT2D eigenvalue weighted by Gasteiger charge is -2.19. The predicted molar refractivity (Wildman–Crippen MR) is 79.4 cm³/mol. The number of fused-ring (bicyclic) bond motifs is 1. The summed E-state index contributed by atoms with van der Waals surface area (Å²) >= 11 is 0. The van der Waals surface area contributed by atoms with Gasteiger partial charge in [0.05, 0.1) is 17.5 Å². The van der Waals surface area contributed by atoms with E-state index in [1.54, 1.807) is 0 Å². The van der Waals surface area contributed by atoms with Crippen molar-refractivity contribution in [1.82, 2.24) is 14.9 Å². The van der Waals surface area contributed by atoms with Gasteiger partial charge >= 0.3 is 0 Å². The van der Waals surface area contributed by atoms with Crippen molar-refractivity contribution in [2.45, 2.75) is 32.6 Å². The zero-order chi connectivity index (χ0) is 13.9. The fourth-order valence-electron chi connectivity index (χ4n) is 2.86. The second-order valence-electron chi connectivity index (χ2n) is 5.79. The monoisotopic (exact) mass is 271 g/mol. The van der Waals surface area contributed by atoms with Crippen LogP contribution in [0.15, 0.2) is 24.3 Å². The standard InChI is InChI=1S/C16H21N3O/c1-12-5-4-9-19(10-8-12)16(20)11-15-17-13-6-2-3-7-14(13)18-15/h2-3,6-7,12H,4-5,8-11H2,1H3,(H,17,18). The number of aromatic amines is 1. The number of nitrogens with one attached hydrogen (secondary N) is 1. The lowest BCUT2D eigenvalue weighted by Crippen LogP contribution is -2.33. The number of H-pyrrole nitrogens is 1. The molecule has 2 heterocycles. The molecule has 1 N–H and O–H groups in total. The van der Waals surface area contributed by atoms with Crippen molar-refractivity contribution in [1.29, 1.82) is 0 Å². The Kier molecular flexibility index (Phi) is 3.72. The molecule has 1 fully saturated rings. The van der Waals surface area contributed by atoms with E-state index >= 15 is 0 Å². The number of carbonyl (C=O) groups is 1. The lowest BCUT2D eigenvalue weighted by molar-refractivity contribution is -0.130. The van der Waals surface area contributed by atoms with E-state index in [-0.39, 0.29) is 5.91 Å². The number of aromatic nitrogens is 2. The average molecular weight is 271 g/mol. The van der Waals surface area contributed by atoms with Gasteiger partial charge < -0.3 is 9.88 Å². The molecule has 4 nitrogen and oxygen atoms in total. The first-order chi connectivity index (χ1) is 9.72. The van der Waals surface area contributed by atoms with Crippen molar-refractivity contribution in [3.05, 3.63) is 30.1 Å². The number of imidazole rings is 1. The number of rotatable bonds is 2. The van der Waals surface area contributed by atoms with Crippen molar-refractivity contribution in [2.75, 3.05) is 13.1 Å². The van der Waals surface area contributed by atoms with E-state index in [2.05, 4.69) is 16.9 Å². The zero-order valence-electron chi connectivity index (χ0n) is 11.9. The third-order valence-corrected chi connectivity index (χ3v) is 4.13. The minimum absolute atomic E-state index is 0.193. The molecule has 0 spiro atoms. The molecule has 1 aromatic carbocycles. The second kappa shape index (κ2) is 5.65. The van der Waals surface area contributed by atoms with Crippen LogP contribution in [0.5, 0.6) is 0 Å². The summed E-state index contributed by atoms with van der Waals surface area (Å²) in [5.74, 6) is 1.70. The van der Waals surface area contributed by atoms with Gasteiger partial charge in [0, 0.05) is 13.1 Å². The van der Waals surface area contributed by atoms with Crippen LogP contribution in [0.4, 0.5) is 0 Å². The van der Waals surface area contributed by atoms with Crippen LogP contribution in [0.1, 0.15) is 32.0 Å². The van der Waals surface area contributed by atoms with Gasteiger partial charge in [0.15, 0.2) is 0 Å². The molecular weight excluding hydrogens is 250 g/mol. The van der Waals surface area contributed by atoms with Crippen LogP contribution in [0.3, 0.4) is 0 Å². The molecule has 20 heavy (non-hydrogen) atoms. The molecule has 1 aromatic heterocycles. The fraction of sp³-hybridized carbons (Fsp3) is 0.500. The van der Waals surface area contributed by atoms with Crippen molar-refractivity contribution in [3.63, 3.8) is 0 Å². The Hall–Kier alpha value is -1.84. The summed E-state index contributed by atoms with van der Waals surface area (Å²) in [6.45, 7) is 4.05. The minimum atomic E-state index is 0.193. The van der Waals surface area contributed by atoms with Crippen LogP contribution in [0.2, 0.25) is 0 Å². The highest BCUT2D eigenvalue weighted by molar-refractivity contribution is 5.80. The van der Waals surface area contributed by atoms with E-state index in [9.17, 15) is 4.79 Å². The molecular formula is C16H21N3O. The first-order valence-electron chi connectivity index (χ1n) is 7.44. The van der Waals surface area contributed by atoms with Crippen LogP contribution in [0, 0.1) is 5.92 Å². The van der Waals surface area contributed by atoms with Gasteiger partial charge in [-0.1, -0.05) is 19.1 Å². The Labute approximate surface area is 119 Å². The molecule has 1 aliphatic rings. The summed E-state index contributed by atoms with van der Waals surface area (Å²) in [7, 11) is 0. The first-order valence-corrected chi connectivity index (χ1v) is 7.44. The van der Waals surface area contributed by atoms with Gasteiger partial charge in [-0.3, -0.25) is 4.79 Å². The Morgan fingerprint density at radius 3 is 3.05 bits per heavy atom. The lowest BCUT2D eigenvalue weighted by atomic mass is 10.0. The summed E-state index contributed by atoms with van der Waals surface area (Å²) in [5, 5.41) is 0. The highest BCUT2D eigenvalue weighted by atomic mass is 16.2. The van der Waals surface area contributed by atoms with Crippen LogP contribution >= 0.6 is 0 Å². The number of benzene rings is 1. The first kappa shape index (κ1) is 13.2. The second-order valence-corrected chi connectivity index (χ2v) is 5.79. The van der Waals surface area contributed by atoms with E-state index in [1.807, 2.05) is 29.2 Å². The van der Waals surface area contributed by atoms with E-state index in [4.69, 9.17) is 0 Å². The van der Waals surface area contributed by atoms with Crippen molar-refractivity contribution < 1.29 is 4.79 Å². The van der Waals surface area contributed by atoms with Gasteiger partial charge in [0.1, 0.15) is 5.82 Å². The van der Waals surface area contributed by atoms with Crippen LogP contribution in [-0.2, 0) is 11.2 Å². The molecule has 0 aliphatic carbocycles. The summed E-state index contributed by atoms with van der Waals surface area (Å²) < 4.78 is 0. The molecule has 1 unspecified atom stereocenters. The topological polar surface area (TPSA) is 49.0 Å². The quantitative estimate of drug-likeness (QED) is 0.913. The average Bonchev–Trinajstić information content (AvgIpc) is 2.71. The maximum Gasteiger partial charge on any atom is 0.230 e. The van der Waals surface area contributed by atoms with E-state index < -0.39 is 0 Å². The maximum absolute atomic E-state index is 12.4. The number of carbonyl (C=O) groups excluding carboxylic acids is 1. The molecule has 4 heteroatoms. The SMILES string of the molecule is CC1CCCN(C(=O)Cc2nc3ccccc3[nH]2)CC1. The van der Waals surface area contributed by atoms with Gasteiger partial charge in [-0.05, 0) is 37.3 Å². The highest BCUT2D eigenvalue weighted by Gasteiger charge is 2.19. The molecule has 0 bridgehead atoms. The summed E-state index contributed by atoms with van der Waals surface area (Å²) in [6, 6.07) is 7.89. The smallest absolute Gasteiger partial charge is 0.230 e. The molecule has 1 saturated heterocycles. The largest absolute Gasteiger partial charge is 0.342 e. The molecule has 2 aromatic rings. The normalized spacial score (nSPS) is 20.1. The number of hydrogen-bond donors (Lipinski definition) is 1. The van der Waals surface area contributed by atoms with Crippen LogP contribution < -0.4 is 0 Å². The van der Waals surface area contributed by atoms with Crippen LogP contribution in [-0.4, -0.2) is 33.9 Å². The third kappa shape index (κ3) is 2.84. The van der Waals surface area contributed by atoms with Gasteiger partial charge in [0.25, 0.3) is 0 Å². The van der Waals surface area contributed by atoms with Gasteiger partial charge in [-0.2, -0.15) is 0 Å². The van der Waals surface area contributed by atoms with Crippen molar-refractivity contribution in [2.24, 2.45) is 5.92 Å². The Morgan fingerprint density at radius 2 is 2.20 bits per heavy atom. The molecule has 1 amide bonds. The zero-order valence-corrected chi connectivity index (χ0v) is 11.9. The Balaban J connectivity index is 1.68. The highest BCUT2D eigenvalue weighted by Crippen LogP contribution is 2.17. The Bertz CT molecular complexity index is 572. The molecule has 1 atom stereocenters. The van der Waals surface area contributed by atoms with Crippen molar-refractivity contribution >= 4 is 16.9 Å². The van der Waals surface area contributed by atoms with Gasteiger partial charge in [-0.15, -0.1) is 0 Å². The molecule has 1 aliphatic heterocycles. The summed E-state index contributed by atoms with van der Waals surface area (Å²) in [6.07, 6.45) is 3.84. The number of amides is 1.